The summed E-state index contributed by atoms with van der Waals surface area (Å²) in [5.41, 5.74) is 1.02. The lowest BCUT2D eigenvalue weighted by atomic mass is 10.1. The molecule has 0 fully saturated rings. The molecule has 0 amide bonds. The number of hydrogen-bond donors (Lipinski definition) is 2. The molecule has 0 radical (unpaired) electrons. The van der Waals surface area contributed by atoms with Crippen molar-refractivity contribution < 1.29 is 12.8 Å². The van der Waals surface area contributed by atoms with E-state index in [1.165, 1.54) is 24.4 Å². The second-order valence-electron chi connectivity index (χ2n) is 6.37. The number of aromatic nitrogens is 4. The molecule has 1 unspecified atom stereocenters. The van der Waals surface area contributed by atoms with Crippen LogP contribution in [0, 0.1) is 31.0 Å². The van der Waals surface area contributed by atoms with Crippen LogP contribution in [0.2, 0.25) is 5.02 Å². The molecule has 0 aliphatic carbocycles. The van der Waals surface area contributed by atoms with Crippen molar-refractivity contribution in [2.45, 2.75) is 24.9 Å². The molecule has 8 nitrogen and oxygen atoms in total. The van der Waals surface area contributed by atoms with Crippen LogP contribution in [-0.4, -0.2) is 34.6 Å². The minimum atomic E-state index is -3.57. The van der Waals surface area contributed by atoms with Crippen LogP contribution < -0.4 is 5.32 Å². The number of anilines is 1. The third kappa shape index (κ3) is 4.36. The molecule has 3 aromatic rings. The van der Waals surface area contributed by atoms with Gasteiger partial charge in [0, 0.05) is 6.26 Å². The third-order valence-corrected chi connectivity index (χ3v) is 5.46. The van der Waals surface area contributed by atoms with Gasteiger partial charge in [-0.1, -0.05) is 17.7 Å². The predicted octanol–water partition coefficient (Wildman–Crippen LogP) is 3.09. The number of nitriles is 1. The van der Waals surface area contributed by atoms with Crippen molar-refractivity contribution in [3.63, 3.8) is 0 Å². The highest BCUT2D eigenvalue weighted by atomic mass is 35.5. The van der Waals surface area contributed by atoms with Crippen molar-refractivity contribution in [2.75, 3.05) is 11.6 Å². The number of aromatic amines is 1. The molecule has 2 N–H and O–H groups in total. The second kappa shape index (κ2) is 7.77. The SMILES string of the molecule is Cc1ncc(C#N)c(NC(c2ccc(F)c(Cl)c2)c2nc(S(C)(=O)=O)c(C)[nH]2)n1. The fraction of sp³-hybridized carbons (Fsp3) is 0.222. The molecule has 2 heterocycles. The Hall–Kier alpha value is -3.03. The molecular weight excluding hydrogens is 419 g/mol. The van der Waals surface area contributed by atoms with E-state index in [0.717, 1.165) is 6.26 Å². The zero-order valence-electron chi connectivity index (χ0n) is 15.7. The average Bonchev–Trinajstić information content (AvgIpc) is 3.04. The average molecular weight is 435 g/mol. The quantitative estimate of drug-likeness (QED) is 0.632. The largest absolute Gasteiger partial charge is 0.355 e. The van der Waals surface area contributed by atoms with Crippen LogP contribution in [0.4, 0.5) is 10.2 Å². The molecule has 0 bridgehead atoms. The first kappa shape index (κ1) is 20.7. The summed E-state index contributed by atoms with van der Waals surface area (Å²) in [7, 11) is -3.57. The van der Waals surface area contributed by atoms with Crippen molar-refractivity contribution in [2.24, 2.45) is 0 Å². The molecule has 29 heavy (non-hydrogen) atoms. The highest BCUT2D eigenvalue weighted by Crippen LogP contribution is 2.29. The van der Waals surface area contributed by atoms with Crippen LogP contribution in [0.3, 0.4) is 0 Å². The molecule has 0 aliphatic rings. The van der Waals surface area contributed by atoms with E-state index in [0.29, 0.717) is 17.1 Å². The summed E-state index contributed by atoms with van der Waals surface area (Å²) in [4.78, 5) is 15.4. The molecule has 2 aromatic heterocycles. The Morgan fingerprint density at radius 1 is 1.31 bits per heavy atom. The van der Waals surface area contributed by atoms with Gasteiger partial charge in [-0.15, -0.1) is 0 Å². The van der Waals surface area contributed by atoms with Crippen molar-refractivity contribution in [1.29, 1.82) is 5.26 Å². The van der Waals surface area contributed by atoms with Gasteiger partial charge in [0.15, 0.2) is 14.9 Å². The molecule has 150 valence electrons. The summed E-state index contributed by atoms with van der Waals surface area (Å²) in [6, 6.07) is 5.27. The number of hydrogen-bond acceptors (Lipinski definition) is 7. The van der Waals surface area contributed by atoms with Crippen molar-refractivity contribution in [3.8, 4) is 6.07 Å². The van der Waals surface area contributed by atoms with E-state index in [4.69, 9.17) is 11.6 Å². The molecule has 11 heteroatoms. The van der Waals surface area contributed by atoms with Gasteiger partial charge in [0.1, 0.15) is 41.0 Å². The lowest BCUT2D eigenvalue weighted by Gasteiger charge is -2.19. The minimum absolute atomic E-state index is 0.105. The van der Waals surface area contributed by atoms with Gasteiger partial charge in [0.25, 0.3) is 0 Å². The molecule has 1 atom stereocenters. The second-order valence-corrected chi connectivity index (χ2v) is 8.70. The Kier molecular flexibility index (Phi) is 5.55. The molecule has 0 aliphatic heterocycles. The zero-order valence-corrected chi connectivity index (χ0v) is 17.2. The summed E-state index contributed by atoms with van der Waals surface area (Å²) in [6.07, 6.45) is 2.42. The maximum absolute atomic E-state index is 13.7. The normalized spacial score (nSPS) is 12.4. The molecular formula is C18H16ClFN6O2S. The van der Waals surface area contributed by atoms with Crippen LogP contribution in [0.1, 0.15) is 34.5 Å². The lowest BCUT2D eigenvalue weighted by molar-refractivity contribution is 0.597. The van der Waals surface area contributed by atoms with E-state index in [1.807, 2.05) is 6.07 Å². The summed E-state index contributed by atoms with van der Waals surface area (Å²) in [6.45, 7) is 3.24. The summed E-state index contributed by atoms with van der Waals surface area (Å²) < 4.78 is 37.7. The van der Waals surface area contributed by atoms with E-state index in [-0.39, 0.29) is 27.3 Å². The number of benzene rings is 1. The Morgan fingerprint density at radius 2 is 2.03 bits per heavy atom. The van der Waals surface area contributed by atoms with E-state index < -0.39 is 21.7 Å². The van der Waals surface area contributed by atoms with Gasteiger partial charge in [-0.25, -0.2) is 27.8 Å². The Balaban J connectivity index is 2.17. The summed E-state index contributed by atoms with van der Waals surface area (Å²) in [5, 5.41) is 12.2. The number of rotatable bonds is 5. The number of H-pyrrole nitrogens is 1. The van der Waals surface area contributed by atoms with E-state index in [1.54, 1.807) is 13.8 Å². The smallest absolute Gasteiger partial charge is 0.194 e. The fourth-order valence-electron chi connectivity index (χ4n) is 2.76. The molecule has 1 aromatic carbocycles. The van der Waals surface area contributed by atoms with Crippen LogP contribution in [-0.2, 0) is 9.84 Å². The van der Waals surface area contributed by atoms with Gasteiger partial charge >= 0.3 is 0 Å². The maximum Gasteiger partial charge on any atom is 0.194 e. The van der Waals surface area contributed by atoms with Gasteiger partial charge in [0.05, 0.1) is 16.9 Å². The first-order chi connectivity index (χ1) is 13.6. The molecule has 0 saturated heterocycles. The standard InChI is InChI=1S/C18H16ClFN6O2S/c1-9-18(29(3,27)28)26-17(23-9)15(11-4-5-14(20)13(19)6-11)25-16-12(7-21)8-22-10(2)24-16/h4-6,8,15H,1-3H3,(H,23,26)(H,22,24,25). The third-order valence-electron chi connectivity index (χ3n) is 4.07. The molecule has 0 spiro atoms. The predicted molar refractivity (Wildman–Crippen MR) is 105 cm³/mol. The van der Waals surface area contributed by atoms with Crippen LogP contribution in [0.25, 0.3) is 0 Å². The Labute approximate surface area is 171 Å². The number of sulfone groups is 1. The molecule has 0 saturated carbocycles. The lowest BCUT2D eigenvalue weighted by Crippen LogP contribution is -2.17. The Morgan fingerprint density at radius 3 is 2.62 bits per heavy atom. The minimum Gasteiger partial charge on any atom is -0.355 e. The van der Waals surface area contributed by atoms with Crippen LogP contribution in [0.5, 0.6) is 0 Å². The number of aryl methyl sites for hydroxylation is 2. The van der Waals surface area contributed by atoms with Gasteiger partial charge in [-0.2, -0.15) is 5.26 Å². The number of nitrogens with zero attached hydrogens (tertiary/aromatic N) is 4. The van der Waals surface area contributed by atoms with Gasteiger partial charge < -0.3 is 10.3 Å². The van der Waals surface area contributed by atoms with E-state index in [2.05, 4.69) is 25.3 Å². The van der Waals surface area contributed by atoms with E-state index >= 15 is 0 Å². The van der Waals surface area contributed by atoms with Gasteiger partial charge in [-0.3, -0.25) is 0 Å². The summed E-state index contributed by atoms with van der Waals surface area (Å²) >= 11 is 5.93. The fourth-order valence-corrected chi connectivity index (χ4v) is 3.82. The maximum atomic E-state index is 13.7. The van der Waals surface area contributed by atoms with Crippen molar-refractivity contribution in [3.05, 3.63) is 63.7 Å². The first-order valence-electron chi connectivity index (χ1n) is 8.32. The number of nitrogens with one attached hydrogen (secondary N) is 2. The zero-order chi connectivity index (χ0) is 21.3. The van der Waals surface area contributed by atoms with Crippen molar-refractivity contribution >= 4 is 27.3 Å². The highest BCUT2D eigenvalue weighted by Gasteiger charge is 2.25. The Bertz CT molecular complexity index is 1240. The van der Waals surface area contributed by atoms with Crippen LogP contribution in [0.15, 0.2) is 29.4 Å². The van der Waals surface area contributed by atoms with E-state index in [9.17, 15) is 18.1 Å². The monoisotopic (exact) mass is 434 g/mol. The summed E-state index contributed by atoms with van der Waals surface area (Å²) in [5.74, 6) is 0.290. The number of imidazole rings is 1. The highest BCUT2D eigenvalue weighted by molar-refractivity contribution is 7.90. The van der Waals surface area contributed by atoms with Crippen molar-refractivity contribution in [1.82, 2.24) is 19.9 Å². The molecule has 3 rings (SSSR count). The van der Waals surface area contributed by atoms with Crippen LogP contribution >= 0.6 is 11.6 Å². The first-order valence-corrected chi connectivity index (χ1v) is 10.6. The number of halogens is 2. The van der Waals surface area contributed by atoms with Gasteiger partial charge in [0.2, 0.25) is 0 Å². The van der Waals surface area contributed by atoms with Gasteiger partial charge in [-0.05, 0) is 31.5 Å². The topological polar surface area (TPSA) is 124 Å².